The van der Waals surface area contributed by atoms with Crippen molar-refractivity contribution >= 4 is 15.9 Å². The number of benzene rings is 1. The first kappa shape index (κ1) is 18.2. The molecule has 1 saturated heterocycles. The van der Waals surface area contributed by atoms with Crippen molar-refractivity contribution in [2.75, 3.05) is 32.7 Å². The Morgan fingerprint density at radius 3 is 2.46 bits per heavy atom. The van der Waals surface area contributed by atoms with Gasteiger partial charge in [-0.25, -0.2) is 4.98 Å². The third-order valence-corrected chi connectivity index (χ3v) is 6.52. The molecule has 1 atom stereocenters. The van der Waals surface area contributed by atoms with Crippen LogP contribution in [-0.4, -0.2) is 58.5 Å². The number of aromatic amines is 1. The van der Waals surface area contributed by atoms with E-state index in [9.17, 15) is 0 Å². The van der Waals surface area contributed by atoms with Gasteiger partial charge in [0.25, 0.3) is 0 Å². The molecule has 6 heteroatoms. The maximum absolute atomic E-state index is 6.19. The van der Waals surface area contributed by atoms with Crippen molar-refractivity contribution in [3.8, 4) is 11.4 Å². The van der Waals surface area contributed by atoms with E-state index in [1.807, 2.05) is 18.2 Å². The number of nitrogens with zero attached hydrogens (tertiary/aromatic N) is 3. The fourth-order valence-electron chi connectivity index (χ4n) is 4.45. The molecule has 1 aromatic carbocycles. The van der Waals surface area contributed by atoms with Crippen LogP contribution in [0.5, 0.6) is 0 Å². The van der Waals surface area contributed by atoms with Crippen molar-refractivity contribution in [3.63, 3.8) is 0 Å². The Morgan fingerprint density at radius 1 is 1.12 bits per heavy atom. The molecule has 1 aromatic heterocycles. The molecule has 26 heavy (non-hydrogen) atoms. The van der Waals surface area contributed by atoms with E-state index in [0.29, 0.717) is 6.54 Å². The number of halogens is 1. The lowest BCUT2D eigenvalue weighted by atomic mass is 10.1. The first-order valence-corrected chi connectivity index (χ1v) is 10.5. The van der Waals surface area contributed by atoms with Crippen LogP contribution in [-0.2, 0) is 0 Å². The van der Waals surface area contributed by atoms with Crippen LogP contribution in [0.4, 0.5) is 0 Å². The fraction of sp³-hybridized carbons (Fsp3) is 0.550. The molecular weight excluding hydrogens is 390 g/mol. The highest BCUT2D eigenvalue weighted by molar-refractivity contribution is 9.10. The molecule has 0 radical (unpaired) electrons. The number of hydrogen-bond donors (Lipinski definition) is 2. The normalized spacial score (nSPS) is 21.3. The van der Waals surface area contributed by atoms with Gasteiger partial charge in [0, 0.05) is 44.3 Å². The average molecular weight is 418 g/mol. The zero-order valence-corrected chi connectivity index (χ0v) is 16.8. The molecule has 0 bridgehead atoms. The van der Waals surface area contributed by atoms with Crippen molar-refractivity contribution in [1.82, 2.24) is 19.8 Å². The van der Waals surface area contributed by atoms with Crippen LogP contribution < -0.4 is 5.73 Å². The Bertz CT molecular complexity index is 702. The lowest BCUT2D eigenvalue weighted by molar-refractivity contribution is 0.0710. The highest BCUT2D eigenvalue weighted by Crippen LogP contribution is 2.31. The topological polar surface area (TPSA) is 61.2 Å². The second kappa shape index (κ2) is 8.21. The highest BCUT2D eigenvalue weighted by atomic mass is 79.9. The molecule has 1 unspecified atom stereocenters. The molecule has 0 amide bonds. The fourth-order valence-corrected chi connectivity index (χ4v) is 4.99. The summed E-state index contributed by atoms with van der Waals surface area (Å²) in [5.74, 6) is 0.899. The first-order chi connectivity index (χ1) is 12.8. The van der Waals surface area contributed by atoms with Crippen LogP contribution in [0.2, 0.25) is 0 Å². The van der Waals surface area contributed by atoms with Crippen molar-refractivity contribution in [1.29, 1.82) is 0 Å². The molecule has 1 aliphatic carbocycles. The third-order valence-electron chi connectivity index (χ3n) is 5.92. The maximum atomic E-state index is 6.19. The summed E-state index contributed by atoms with van der Waals surface area (Å²) < 4.78 is 0.880. The van der Waals surface area contributed by atoms with E-state index in [2.05, 4.69) is 42.8 Å². The minimum atomic E-state index is 0.181. The van der Waals surface area contributed by atoms with Crippen molar-refractivity contribution in [2.24, 2.45) is 5.73 Å². The zero-order chi connectivity index (χ0) is 17.9. The summed E-state index contributed by atoms with van der Waals surface area (Å²) in [6, 6.07) is 11.2. The van der Waals surface area contributed by atoms with Crippen LogP contribution in [0.15, 0.2) is 34.9 Å². The zero-order valence-electron chi connectivity index (χ0n) is 15.2. The second-order valence-corrected chi connectivity index (χ2v) is 8.17. The van der Waals surface area contributed by atoms with E-state index in [4.69, 9.17) is 10.7 Å². The Balaban J connectivity index is 1.47. The van der Waals surface area contributed by atoms with Gasteiger partial charge in [-0.15, -0.1) is 0 Å². The van der Waals surface area contributed by atoms with Gasteiger partial charge in [0.2, 0.25) is 0 Å². The standard InChI is InChI=1S/C20H28BrN5/c21-19-18(23-20(24-19)15-6-2-1-3-7-15)17(14-22)26-12-10-25(11-13-26)16-8-4-5-9-16/h1-3,6-7,16-17H,4-5,8-14,22H2,(H,23,24). The van der Waals surface area contributed by atoms with Gasteiger partial charge < -0.3 is 10.7 Å². The molecule has 4 rings (SSSR count). The summed E-state index contributed by atoms with van der Waals surface area (Å²) in [5.41, 5.74) is 8.38. The number of aromatic nitrogens is 2. The van der Waals surface area contributed by atoms with E-state index in [-0.39, 0.29) is 6.04 Å². The van der Waals surface area contributed by atoms with Crippen LogP contribution in [0, 0.1) is 0 Å². The van der Waals surface area contributed by atoms with Crippen molar-refractivity contribution in [2.45, 2.75) is 37.8 Å². The van der Waals surface area contributed by atoms with Gasteiger partial charge in [-0.05, 0) is 28.8 Å². The molecule has 0 spiro atoms. The number of nitrogens with two attached hydrogens (primary N) is 1. The summed E-state index contributed by atoms with van der Waals surface area (Å²) in [5, 5.41) is 0. The second-order valence-electron chi connectivity index (χ2n) is 7.42. The minimum Gasteiger partial charge on any atom is -0.340 e. The first-order valence-electron chi connectivity index (χ1n) is 9.75. The molecule has 2 fully saturated rings. The van der Waals surface area contributed by atoms with Gasteiger partial charge in [-0.3, -0.25) is 9.80 Å². The Kier molecular flexibility index (Phi) is 5.74. The van der Waals surface area contributed by atoms with Gasteiger partial charge in [0.15, 0.2) is 0 Å². The minimum absolute atomic E-state index is 0.181. The highest BCUT2D eigenvalue weighted by Gasteiger charge is 2.30. The Morgan fingerprint density at radius 2 is 1.81 bits per heavy atom. The smallest absolute Gasteiger partial charge is 0.138 e. The van der Waals surface area contributed by atoms with Gasteiger partial charge in [-0.1, -0.05) is 43.2 Å². The van der Waals surface area contributed by atoms with E-state index < -0.39 is 0 Å². The quantitative estimate of drug-likeness (QED) is 0.782. The number of piperazine rings is 1. The molecule has 2 aromatic rings. The summed E-state index contributed by atoms with van der Waals surface area (Å²) in [7, 11) is 0. The van der Waals surface area contributed by atoms with Gasteiger partial charge in [0.05, 0.1) is 11.7 Å². The number of rotatable bonds is 5. The van der Waals surface area contributed by atoms with Crippen LogP contribution in [0.3, 0.4) is 0 Å². The number of nitrogens with one attached hydrogen (secondary N) is 1. The van der Waals surface area contributed by atoms with Crippen molar-refractivity contribution < 1.29 is 0 Å². The molecule has 2 aliphatic rings. The number of H-pyrrole nitrogens is 1. The summed E-state index contributed by atoms with van der Waals surface area (Å²) >= 11 is 3.65. The molecule has 2 heterocycles. The summed E-state index contributed by atoms with van der Waals surface area (Å²) in [6.07, 6.45) is 5.57. The van der Waals surface area contributed by atoms with E-state index in [1.54, 1.807) is 0 Å². The predicted molar refractivity (Wildman–Crippen MR) is 109 cm³/mol. The molecule has 1 aliphatic heterocycles. The van der Waals surface area contributed by atoms with Gasteiger partial charge >= 0.3 is 0 Å². The molecule has 3 N–H and O–H groups in total. The van der Waals surface area contributed by atoms with E-state index in [1.165, 1.54) is 25.7 Å². The average Bonchev–Trinajstić information content (AvgIpc) is 3.35. The van der Waals surface area contributed by atoms with Crippen LogP contribution in [0.25, 0.3) is 11.4 Å². The molecular formula is C20H28BrN5. The number of hydrogen-bond acceptors (Lipinski definition) is 4. The Labute approximate surface area is 164 Å². The number of imidazole rings is 1. The molecule has 140 valence electrons. The lowest BCUT2D eigenvalue weighted by Gasteiger charge is -2.41. The van der Waals surface area contributed by atoms with E-state index in [0.717, 1.165) is 53.9 Å². The lowest BCUT2D eigenvalue weighted by Crippen LogP contribution is -2.51. The van der Waals surface area contributed by atoms with Crippen LogP contribution in [0.1, 0.15) is 37.4 Å². The Hall–Kier alpha value is -1.21. The van der Waals surface area contributed by atoms with E-state index >= 15 is 0 Å². The summed E-state index contributed by atoms with van der Waals surface area (Å²) in [6.45, 7) is 5.05. The predicted octanol–water partition coefficient (Wildman–Crippen LogP) is 3.40. The van der Waals surface area contributed by atoms with Gasteiger partial charge in [-0.2, -0.15) is 0 Å². The molecule has 5 nitrogen and oxygen atoms in total. The van der Waals surface area contributed by atoms with Gasteiger partial charge in [0.1, 0.15) is 10.4 Å². The monoisotopic (exact) mass is 417 g/mol. The maximum Gasteiger partial charge on any atom is 0.138 e. The third kappa shape index (κ3) is 3.74. The summed E-state index contributed by atoms with van der Waals surface area (Å²) in [4.78, 5) is 13.4. The van der Waals surface area contributed by atoms with Crippen molar-refractivity contribution in [3.05, 3.63) is 40.6 Å². The molecule has 1 saturated carbocycles. The SMILES string of the molecule is NCC(c1[nH]c(-c2ccccc2)nc1Br)N1CCN(C2CCCC2)CC1. The largest absolute Gasteiger partial charge is 0.340 e. The van der Waals surface area contributed by atoms with Crippen LogP contribution >= 0.6 is 15.9 Å².